The second-order valence-corrected chi connectivity index (χ2v) is 16.3. The van der Waals surface area contributed by atoms with Crippen molar-refractivity contribution in [2.75, 3.05) is 33.0 Å². The molecule has 5 aliphatic rings. The number of aliphatic hydroxyl groups excluding tert-OH is 16. The van der Waals surface area contributed by atoms with Crippen molar-refractivity contribution in [2.24, 2.45) is 0 Å². The summed E-state index contributed by atoms with van der Waals surface area (Å²) in [6, 6.07) is 3.54. The van der Waals surface area contributed by atoms with E-state index < -0.39 is 203 Å². The van der Waals surface area contributed by atoms with Gasteiger partial charge in [0.1, 0.15) is 121 Å². The first-order valence-corrected chi connectivity index (χ1v) is 20.7. The van der Waals surface area contributed by atoms with Crippen LogP contribution < -0.4 is 4.74 Å². The number of hydrogen-bond acceptors (Lipinski definition) is 28. The molecule has 5 saturated heterocycles. The average Bonchev–Trinajstić information content (AvgIpc) is 3.29. The maximum Gasteiger partial charge on any atom is 0.329 e. The van der Waals surface area contributed by atoms with E-state index in [-0.39, 0.29) is 5.02 Å². The zero-order chi connectivity index (χ0) is 48.5. The summed E-state index contributed by atoms with van der Waals surface area (Å²) in [5.74, 6) is -0.528. The van der Waals surface area contributed by atoms with E-state index in [0.717, 1.165) is 6.07 Å². The van der Waals surface area contributed by atoms with Gasteiger partial charge >= 0.3 is 5.69 Å². The van der Waals surface area contributed by atoms with E-state index in [1.54, 1.807) is 0 Å². The number of aliphatic hydroxyl groups is 16. The molecule has 1 aromatic carbocycles. The second kappa shape index (κ2) is 22.6. The highest BCUT2D eigenvalue weighted by molar-refractivity contribution is 6.32. The van der Waals surface area contributed by atoms with Gasteiger partial charge in [-0.25, -0.2) is 0 Å². The quantitative estimate of drug-likeness (QED) is 0.0540. The van der Waals surface area contributed by atoms with Crippen LogP contribution in [0.5, 0.6) is 5.75 Å². The molecule has 1 aromatic rings. The van der Waals surface area contributed by atoms with Crippen LogP contribution >= 0.6 is 11.6 Å². The molecular formula is C36H54ClNO28. The van der Waals surface area contributed by atoms with Gasteiger partial charge < -0.3 is 129 Å². The van der Waals surface area contributed by atoms with E-state index in [1.807, 2.05) is 0 Å². The standard InChI is InChI=1S/C36H54ClNO28/c37-9-2-1-3-10(16(9)38(55)56)57-31-18(45)17(44)11(4-39)59-36(31)66-30-15(8-43)62-35(26(53)22(30)49)65-29-14(7-42)61-34(25(52)21(29)48)64-28-13(6-41)60-33(24(51)20(28)47)63-27-12(5-40)58-32(54)23(50)19(27)46/h1-3,11-15,17-36,39-54H,4-8H2/t11-,12-,13-,14-,15-,17-,18+,19-,20-,21-,22-,23-,24-,25-,26-,27-,28-,29-,30-,31-,32+,33-,34-,35-,36-/m1/s1. The molecule has 0 aromatic heterocycles. The number of nitrogens with zero attached hydrogens (tertiary/aromatic N) is 1. The Morgan fingerprint density at radius 2 is 0.818 bits per heavy atom. The lowest BCUT2D eigenvalue weighted by Gasteiger charge is -2.49. The Bertz CT molecular complexity index is 1720. The molecule has 16 N–H and O–H groups in total. The maximum atomic E-state index is 11.8. The van der Waals surface area contributed by atoms with E-state index in [2.05, 4.69) is 0 Å². The van der Waals surface area contributed by atoms with E-state index >= 15 is 0 Å². The van der Waals surface area contributed by atoms with Crippen molar-refractivity contribution in [1.82, 2.24) is 0 Å². The minimum Gasteiger partial charge on any atom is -0.475 e. The lowest BCUT2D eigenvalue weighted by atomic mass is 9.95. The average molecular weight is 984 g/mol. The number of benzene rings is 1. The van der Waals surface area contributed by atoms with Crippen molar-refractivity contribution in [3.63, 3.8) is 0 Å². The minimum atomic E-state index is -2.18. The SMILES string of the molecule is O=[N+]([O-])c1c(Cl)cccc1O[C@H]1[C@@H](O[C@H]2[C@H](O)[C@@H](O)[C@@H](O[C@H]3[C@H](O)[C@@H](O)[C@@H](O[C@H]4[C@H](O)[C@@H](O)[C@@H](O[C@H]5[C@H](O)[C@@H](O)[C@@H](O)O[C@@H]5CO)O[C@@H]4CO)O[C@@H]3CO)O[C@@H]2CO)O[C@H](CO)[C@@H](O)[C@@H]1O. The van der Waals surface area contributed by atoms with Gasteiger partial charge in [-0.1, -0.05) is 17.7 Å². The van der Waals surface area contributed by atoms with Gasteiger partial charge in [0.15, 0.2) is 43.3 Å². The van der Waals surface area contributed by atoms with E-state index in [1.165, 1.54) is 12.1 Å². The molecule has 0 aliphatic carbocycles. The minimum absolute atomic E-state index is 0.375. The first-order valence-electron chi connectivity index (χ1n) is 20.3. The third-order valence-corrected chi connectivity index (χ3v) is 12.0. The van der Waals surface area contributed by atoms with Gasteiger partial charge in [0.2, 0.25) is 0 Å². The predicted octanol–water partition coefficient (Wildman–Crippen LogP) is -9.28. The lowest BCUT2D eigenvalue weighted by Crippen LogP contribution is -2.68. The molecule has 5 heterocycles. The van der Waals surface area contributed by atoms with Gasteiger partial charge in [0.05, 0.1) is 38.0 Å². The number of halogens is 1. The maximum absolute atomic E-state index is 11.8. The summed E-state index contributed by atoms with van der Waals surface area (Å²) in [7, 11) is 0. The van der Waals surface area contributed by atoms with Crippen LogP contribution in [0.4, 0.5) is 5.69 Å². The van der Waals surface area contributed by atoms with Crippen LogP contribution in [0, 0.1) is 10.1 Å². The highest BCUT2D eigenvalue weighted by atomic mass is 35.5. The van der Waals surface area contributed by atoms with Gasteiger partial charge in [0, 0.05) is 0 Å². The molecule has 0 unspecified atom stereocenters. The lowest BCUT2D eigenvalue weighted by molar-refractivity contribution is -0.393. The van der Waals surface area contributed by atoms with Crippen LogP contribution in [0.2, 0.25) is 5.02 Å². The Balaban J connectivity index is 1.12. The molecule has 29 nitrogen and oxygen atoms in total. The normalized spacial score (nSPS) is 46.8. The number of nitro groups is 1. The zero-order valence-corrected chi connectivity index (χ0v) is 34.8. The summed E-state index contributed by atoms with van der Waals surface area (Å²) in [5.41, 5.74) is -0.753. The molecule has 378 valence electrons. The Hall–Kier alpha value is -2.29. The van der Waals surface area contributed by atoms with Crippen molar-refractivity contribution in [3.05, 3.63) is 33.3 Å². The number of ether oxygens (including phenoxy) is 10. The van der Waals surface area contributed by atoms with E-state index in [4.69, 9.17) is 59.0 Å². The zero-order valence-electron chi connectivity index (χ0n) is 34.1. The van der Waals surface area contributed by atoms with Crippen molar-refractivity contribution in [3.8, 4) is 5.75 Å². The Morgan fingerprint density at radius 3 is 1.21 bits per heavy atom. The van der Waals surface area contributed by atoms with Gasteiger partial charge in [-0.2, -0.15) is 0 Å². The topological polar surface area (TPSA) is 459 Å². The van der Waals surface area contributed by atoms with Crippen LogP contribution in [-0.4, -0.2) is 273 Å². The third-order valence-electron chi connectivity index (χ3n) is 11.7. The molecule has 0 spiro atoms. The van der Waals surface area contributed by atoms with Gasteiger partial charge in [-0.15, -0.1) is 0 Å². The van der Waals surface area contributed by atoms with Crippen LogP contribution in [0.3, 0.4) is 0 Å². The summed E-state index contributed by atoms with van der Waals surface area (Å²) in [5, 5.41) is 180. The highest BCUT2D eigenvalue weighted by Crippen LogP contribution is 2.39. The molecule has 0 radical (unpaired) electrons. The Kier molecular flexibility index (Phi) is 18.2. The fraction of sp³-hybridized carbons (Fsp3) is 0.833. The predicted molar refractivity (Wildman–Crippen MR) is 203 cm³/mol. The summed E-state index contributed by atoms with van der Waals surface area (Å²) in [6.45, 7) is -4.79. The summed E-state index contributed by atoms with van der Waals surface area (Å²) in [6.07, 6.45) is -47.4. The first-order chi connectivity index (χ1) is 31.3. The second-order valence-electron chi connectivity index (χ2n) is 15.9. The number of para-hydroxylation sites is 1. The summed E-state index contributed by atoms with van der Waals surface area (Å²) >= 11 is 5.99. The fourth-order valence-electron chi connectivity index (χ4n) is 8.06. The molecule has 6 rings (SSSR count). The molecule has 5 aliphatic heterocycles. The molecule has 0 saturated carbocycles. The van der Waals surface area contributed by atoms with Crippen molar-refractivity contribution in [2.45, 2.75) is 154 Å². The Labute approximate surface area is 376 Å². The van der Waals surface area contributed by atoms with Crippen LogP contribution in [0.15, 0.2) is 18.2 Å². The number of nitro benzene ring substituents is 1. The van der Waals surface area contributed by atoms with Gasteiger partial charge in [-0.05, 0) is 12.1 Å². The number of rotatable bonds is 16. The smallest absolute Gasteiger partial charge is 0.329 e. The summed E-state index contributed by atoms with van der Waals surface area (Å²) in [4.78, 5) is 10.9. The monoisotopic (exact) mass is 983 g/mol. The van der Waals surface area contributed by atoms with Crippen LogP contribution in [0.1, 0.15) is 0 Å². The number of hydrogen-bond donors (Lipinski definition) is 16. The molecular weight excluding hydrogens is 930 g/mol. The molecule has 5 fully saturated rings. The van der Waals surface area contributed by atoms with E-state index in [9.17, 15) is 91.8 Å². The Morgan fingerprint density at radius 1 is 0.470 bits per heavy atom. The molecule has 30 heteroatoms. The fourth-order valence-corrected chi connectivity index (χ4v) is 8.29. The van der Waals surface area contributed by atoms with Crippen molar-refractivity contribution >= 4 is 17.3 Å². The highest BCUT2D eigenvalue weighted by Gasteiger charge is 2.57. The largest absolute Gasteiger partial charge is 0.475 e. The molecule has 0 amide bonds. The van der Waals surface area contributed by atoms with Crippen molar-refractivity contribution < 1.29 is 134 Å². The van der Waals surface area contributed by atoms with Gasteiger partial charge in [-0.3, -0.25) is 10.1 Å². The summed E-state index contributed by atoms with van der Waals surface area (Å²) < 4.78 is 55.7. The van der Waals surface area contributed by atoms with Crippen molar-refractivity contribution in [1.29, 1.82) is 0 Å². The van der Waals surface area contributed by atoms with E-state index in [0.29, 0.717) is 0 Å². The van der Waals surface area contributed by atoms with Gasteiger partial charge in [0.25, 0.3) is 0 Å². The van der Waals surface area contributed by atoms with Crippen LogP contribution in [-0.2, 0) is 42.6 Å². The van der Waals surface area contributed by atoms with Crippen LogP contribution in [0.25, 0.3) is 0 Å². The first kappa shape index (κ1) is 53.1. The molecule has 0 bridgehead atoms. The molecule has 66 heavy (non-hydrogen) atoms. The molecule has 25 atom stereocenters. The third kappa shape index (κ3) is 10.7.